The van der Waals surface area contributed by atoms with E-state index in [9.17, 15) is 0 Å². The van der Waals surface area contributed by atoms with Gasteiger partial charge in [0.25, 0.3) is 0 Å². The van der Waals surface area contributed by atoms with Gasteiger partial charge in [0.1, 0.15) is 5.85 Å². The highest BCUT2D eigenvalue weighted by Gasteiger charge is 2.42. The van der Waals surface area contributed by atoms with Crippen LogP contribution in [0.15, 0.2) is 121 Å². The van der Waals surface area contributed by atoms with Crippen LogP contribution in [0, 0.1) is 0 Å². The summed E-state index contributed by atoms with van der Waals surface area (Å²) in [4.78, 5) is 0. The second-order valence-corrected chi connectivity index (χ2v) is 10.2. The van der Waals surface area contributed by atoms with E-state index in [2.05, 4.69) is 121 Å². The minimum absolute atomic E-state index is 0.0686. The predicted octanol–water partition coefficient (Wildman–Crippen LogP) is 5.33. The lowest BCUT2D eigenvalue weighted by Gasteiger charge is -2.44. The first-order chi connectivity index (χ1) is 13.9. The van der Waals surface area contributed by atoms with E-state index in [-0.39, 0.29) is 5.85 Å². The summed E-state index contributed by atoms with van der Waals surface area (Å²) in [6, 6.07) is 43.2. The third kappa shape index (κ3) is 3.29. The second kappa shape index (κ2) is 8.52. The Morgan fingerprint density at radius 2 is 0.821 bits per heavy atom. The van der Waals surface area contributed by atoms with Gasteiger partial charge in [-0.3, -0.25) is 0 Å². The molecule has 0 amide bonds. The van der Waals surface area contributed by atoms with E-state index >= 15 is 0 Å². The topological polar surface area (TPSA) is 9.23 Å². The quantitative estimate of drug-likeness (QED) is 0.409. The van der Waals surface area contributed by atoms with Crippen LogP contribution in [-0.2, 0) is 4.74 Å². The summed E-state index contributed by atoms with van der Waals surface area (Å²) in [6.07, 6.45) is 0. The summed E-state index contributed by atoms with van der Waals surface area (Å²) in [7, 11) is -0.273. The Labute approximate surface area is 168 Å². The van der Waals surface area contributed by atoms with E-state index in [1.807, 2.05) is 7.11 Å². The van der Waals surface area contributed by atoms with Crippen LogP contribution in [0.25, 0.3) is 0 Å². The van der Waals surface area contributed by atoms with Crippen LogP contribution in [-0.4, -0.2) is 7.11 Å². The summed E-state index contributed by atoms with van der Waals surface area (Å²) >= 11 is 0. The maximum Gasteiger partial charge on any atom is 0.109 e. The van der Waals surface area contributed by atoms with Gasteiger partial charge in [-0.25, -0.2) is 0 Å². The number of ether oxygens (including phenoxy) is 1. The van der Waals surface area contributed by atoms with E-state index < -0.39 is 7.26 Å². The molecule has 0 bridgehead atoms. The largest absolute Gasteiger partial charge is 0.372 e. The van der Waals surface area contributed by atoms with Gasteiger partial charge < -0.3 is 4.74 Å². The highest BCUT2D eigenvalue weighted by molar-refractivity contribution is 7.95. The van der Waals surface area contributed by atoms with E-state index in [1.54, 1.807) is 0 Å². The molecule has 1 radical (unpaired) electrons. The number of hydrogen-bond donors (Lipinski definition) is 0. The molecule has 0 aliphatic heterocycles. The predicted molar refractivity (Wildman–Crippen MR) is 121 cm³/mol. The maximum atomic E-state index is 6.31. The average molecular weight is 383 g/mol. The Kier molecular flexibility index (Phi) is 5.67. The zero-order chi connectivity index (χ0) is 19.2. The van der Waals surface area contributed by atoms with Gasteiger partial charge in [-0.15, -0.1) is 0 Å². The second-order valence-electron chi connectivity index (χ2n) is 6.73. The number of hydrogen-bond acceptors (Lipinski definition) is 1. The minimum atomic E-state index is -2.11. The fourth-order valence-electron chi connectivity index (χ4n) is 3.98. The SMILES string of the molecule is COC(c1ccccc1)[P](c1ccccc1)(c1ccccc1)c1ccccc1. The molecular formula is C26H24OP. The van der Waals surface area contributed by atoms with Crippen LogP contribution >= 0.6 is 7.26 Å². The summed E-state index contributed by atoms with van der Waals surface area (Å²) in [6.45, 7) is 0. The molecule has 0 spiro atoms. The minimum Gasteiger partial charge on any atom is -0.372 e. The summed E-state index contributed by atoms with van der Waals surface area (Å²) in [5.41, 5.74) is 1.20. The summed E-state index contributed by atoms with van der Waals surface area (Å²) in [5.74, 6) is -0.0686. The van der Waals surface area contributed by atoms with Gasteiger partial charge in [0.15, 0.2) is 0 Å². The third-order valence-electron chi connectivity index (χ3n) is 5.15. The van der Waals surface area contributed by atoms with Crippen molar-refractivity contribution >= 4 is 23.2 Å². The number of benzene rings is 4. The molecule has 4 aromatic carbocycles. The van der Waals surface area contributed by atoms with E-state index in [1.165, 1.54) is 21.5 Å². The molecule has 0 aliphatic rings. The smallest absolute Gasteiger partial charge is 0.109 e. The lowest BCUT2D eigenvalue weighted by Crippen LogP contribution is -2.35. The molecule has 0 aromatic heterocycles. The zero-order valence-corrected chi connectivity index (χ0v) is 16.9. The monoisotopic (exact) mass is 383 g/mol. The van der Waals surface area contributed by atoms with Gasteiger partial charge in [0.2, 0.25) is 0 Å². The molecule has 2 heteroatoms. The van der Waals surface area contributed by atoms with Crippen LogP contribution in [0.3, 0.4) is 0 Å². The van der Waals surface area contributed by atoms with Crippen molar-refractivity contribution < 1.29 is 4.74 Å². The van der Waals surface area contributed by atoms with Crippen molar-refractivity contribution in [2.75, 3.05) is 7.11 Å². The third-order valence-corrected chi connectivity index (χ3v) is 9.70. The van der Waals surface area contributed by atoms with Crippen molar-refractivity contribution in [2.45, 2.75) is 5.85 Å². The van der Waals surface area contributed by atoms with Gasteiger partial charge in [-0.05, 0) is 28.7 Å². The zero-order valence-electron chi connectivity index (χ0n) is 16.0. The van der Waals surface area contributed by atoms with Crippen LogP contribution in [0.2, 0.25) is 0 Å². The molecule has 1 nitrogen and oxygen atoms in total. The molecule has 0 saturated carbocycles. The molecule has 0 N–H and O–H groups in total. The number of methoxy groups -OCH3 is 1. The fraction of sp³-hybridized carbons (Fsp3) is 0.0769. The van der Waals surface area contributed by atoms with E-state index in [0.717, 1.165) is 0 Å². The molecule has 0 saturated heterocycles. The molecule has 139 valence electrons. The van der Waals surface area contributed by atoms with Crippen LogP contribution in [0.5, 0.6) is 0 Å². The molecule has 4 rings (SSSR count). The highest BCUT2D eigenvalue weighted by atomic mass is 31.2. The first kappa shape index (κ1) is 18.6. The molecule has 0 heterocycles. The van der Waals surface area contributed by atoms with Crippen molar-refractivity contribution in [2.24, 2.45) is 0 Å². The molecule has 28 heavy (non-hydrogen) atoms. The van der Waals surface area contributed by atoms with Crippen molar-refractivity contribution in [1.82, 2.24) is 0 Å². The van der Waals surface area contributed by atoms with Gasteiger partial charge in [-0.1, -0.05) is 121 Å². The van der Waals surface area contributed by atoms with Crippen LogP contribution in [0.1, 0.15) is 11.4 Å². The molecule has 1 unspecified atom stereocenters. The van der Waals surface area contributed by atoms with Gasteiger partial charge >= 0.3 is 0 Å². The van der Waals surface area contributed by atoms with Crippen molar-refractivity contribution in [3.63, 3.8) is 0 Å². The Morgan fingerprint density at radius 1 is 0.500 bits per heavy atom. The molecule has 0 aliphatic carbocycles. The fourth-order valence-corrected chi connectivity index (χ4v) is 8.55. The molecule has 0 fully saturated rings. The normalized spacial score (nSPS) is 12.5. The van der Waals surface area contributed by atoms with Crippen molar-refractivity contribution in [1.29, 1.82) is 0 Å². The summed E-state index contributed by atoms with van der Waals surface area (Å²) < 4.78 is 6.31. The van der Waals surface area contributed by atoms with Crippen molar-refractivity contribution in [3.05, 3.63) is 127 Å². The Hall–Kier alpha value is -2.73. The first-order valence-electron chi connectivity index (χ1n) is 9.50. The lowest BCUT2D eigenvalue weighted by molar-refractivity contribution is 0.171. The highest BCUT2D eigenvalue weighted by Crippen LogP contribution is 2.66. The van der Waals surface area contributed by atoms with Gasteiger partial charge in [-0.2, -0.15) is 0 Å². The maximum absolute atomic E-state index is 6.31. The van der Waals surface area contributed by atoms with Gasteiger partial charge in [0, 0.05) is 7.11 Å². The molecule has 4 aromatic rings. The average Bonchev–Trinajstić information content (AvgIpc) is 2.80. The molecular weight excluding hydrogens is 359 g/mol. The van der Waals surface area contributed by atoms with E-state index in [4.69, 9.17) is 4.74 Å². The molecule has 1 atom stereocenters. The lowest BCUT2D eigenvalue weighted by atomic mass is 10.2. The summed E-state index contributed by atoms with van der Waals surface area (Å²) in [5, 5.41) is 3.97. The Bertz CT molecular complexity index is 889. The van der Waals surface area contributed by atoms with Crippen molar-refractivity contribution in [3.8, 4) is 0 Å². The first-order valence-corrected chi connectivity index (χ1v) is 11.4. The van der Waals surface area contributed by atoms with Crippen LogP contribution < -0.4 is 15.9 Å². The Balaban J connectivity index is 2.10. The van der Waals surface area contributed by atoms with Crippen LogP contribution in [0.4, 0.5) is 0 Å². The van der Waals surface area contributed by atoms with E-state index in [0.29, 0.717) is 0 Å². The Morgan fingerprint density at radius 3 is 1.14 bits per heavy atom. The number of rotatable bonds is 6. The van der Waals surface area contributed by atoms with Gasteiger partial charge in [0.05, 0.1) is 0 Å². The standard InChI is InChI=1S/C26H24OP/c1-27-26(22-14-6-2-7-15-22)28(23-16-8-3-9-17-23,24-18-10-4-11-19-24)25-20-12-5-13-21-25/h2-21,26H,1H3.